The summed E-state index contributed by atoms with van der Waals surface area (Å²) in [6.45, 7) is 4.40. The number of non-ortho nitro benzene ring substituents is 1. The van der Waals surface area contributed by atoms with E-state index < -0.39 is 44.5 Å². The summed E-state index contributed by atoms with van der Waals surface area (Å²) in [5.41, 5.74) is -3.68. The molecule has 0 fully saturated rings. The number of hydrogen-bond acceptors (Lipinski definition) is 4. The zero-order valence-corrected chi connectivity index (χ0v) is 12.3. The molecule has 0 amide bonds. The second-order valence-electron chi connectivity index (χ2n) is 5.81. The molecule has 0 spiro atoms. The highest BCUT2D eigenvalue weighted by atomic mass is 19.3. The van der Waals surface area contributed by atoms with Gasteiger partial charge in [-0.05, 0) is 11.0 Å². The first-order valence-electron chi connectivity index (χ1n) is 6.26. The van der Waals surface area contributed by atoms with E-state index in [0.717, 1.165) is 6.07 Å². The topological polar surface area (TPSA) is 86.3 Å². The van der Waals surface area contributed by atoms with Crippen molar-refractivity contribution in [2.45, 2.75) is 38.5 Å². The third-order valence-corrected chi connectivity index (χ3v) is 2.99. The van der Waals surface area contributed by atoms with E-state index in [2.05, 4.69) is 0 Å². The van der Waals surface area contributed by atoms with Gasteiger partial charge in [-0.1, -0.05) is 20.8 Å². The second kappa shape index (κ2) is 6.09. The van der Waals surface area contributed by atoms with E-state index in [4.69, 9.17) is 0 Å². The number of nitro benzene ring substituents is 2. The minimum absolute atomic E-state index is 0.196. The molecule has 10 heteroatoms. The number of alkyl halides is 4. The van der Waals surface area contributed by atoms with Crippen molar-refractivity contribution < 1.29 is 27.4 Å². The molecule has 1 rings (SSSR count). The largest absolute Gasteiger partial charge is 0.315 e. The molecule has 0 bridgehead atoms. The van der Waals surface area contributed by atoms with Gasteiger partial charge in [0.05, 0.1) is 22.3 Å². The summed E-state index contributed by atoms with van der Waals surface area (Å²) in [6.07, 6.45) is -4.27. The predicted octanol–water partition coefficient (Wildman–Crippen LogP) is 4.25. The van der Waals surface area contributed by atoms with Gasteiger partial charge in [-0.25, -0.2) is 8.78 Å². The Morgan fingerprint density at radius 1 is 1.09 bits per heavy atom. The summed E-state index contributed by atoms with van der Waals surface area (Å²) in [5, 5.41) is 21.9. The van der Waals surface area contributed by atoms with Crippen molar-refractivity contribution in [3.8, 4) is 0 Å². The van der Waals surface area contributed by atoms with Crippen molar-refractivity contribution in [1.29, 1.82) is 0 Å². The Morgan fingerprint density at radius 2 is 1.61 bits per heavy atom. The lowest BCUT2D eigenvalue weighted by Crippen LogP contribution is -2.29. The van der Waals surface area contributed by atoms with Crippen molar-refractivity contribution in [1.82, 2.24) is 0 Å². The third kappa shape index (κ3) is 4.14. The molecule has 1 radical (unpaired) electrons. The van der Waals surface area contributed by atoms with Gasteiger partial charge in [0.1, 0.15) is 0 Å². The van der Waals surface area contributed by atoms with Gasteiger partial charge in [0.2, 0.25) is 0 Å². The van der Waals surface area contributed by atoms with Crippen LogP contribution < -0.4 is 0 Å². The van der Waals surface area contributed by atoms with Crippen LogP contribution in [0.2, 0.25) is 0 Å². The molecule has 1 aromatic carbocycles. The van der Waals surface area contributed by atoms with Gasteiger partial charge in [-0.2, -0.15) is 8.78 Å². The monoisotopic (exact) mass is 337 g/mol. The Balaban J connectivity index is 3.70. The Morgan fingerprint density at radius 3 is 1.96 bits per heavy atom. The zero-order valence-electron chi connectivity index (χ0n) is 12.3. The zero-order chi connectivity index (χ0) is 18.2. The molecule has 0 saturated carbocycles. The maximum Gasteiger partial charge on any atom is 0.315 e. The van der Waals surface area contributed by atoms with Crippen LogP contribution in [0.1, 0.15) is 31.9 Å². The van der Waals surface area contributed by atoms with Gasteiger partial charge in [-0.15, -0.1) is 0 Å². The van der Waals surface area contributed by atoms with Crippen LogP contribution in [0.15, 0.2) is 12.1 Å². The van der Waals surface area contributed by atoms with Crippen LogP contribution in [0.4, 0.5) is 28.9 Å². The van der Waals surface area contributed by atoms with Gasteiger partial charge in [0, 0.05) is 11.6 Å². The van der Waals surface area contributed by atoms with E-state index in [0.29, 0.717) is 6.07 Å². The standard InChI is InChI=1S/C13H13F4N2O4/c1-12(2,3)9-4-7(18(20)21)5-10(19(22)23)8(9)6-13(16,17)11(14)15/h4-6,11H,1-3H3. The van der Waals surface area contributed by atoms with Gasteiger partial charge in [-0.3, -0.25) is 20.2 Å². The SMILES string of the molecule is CC(C)(C)c1cc([N+](=O)[O-])cc([N+](=O)[O-])c1[CH]C(F)(F)C(F)F. The molecule has 23 heavy (non-hydrogen) atoms. The van der Waals surface area contributed by atoms with Crippen molar-refractivity contribution in [2.75, 3.05) is 0 Å². The minimum Gasteiger partial charge on any atom is -0.258 e. The van der Waals surface area contributed by atoms with Crippen molar-refractivity contribution in [3.63, 3.8) is 0 Å². The van der Waals surface area contributed by atoms with E-state index in [1.54, 1.807) is 0 Å². The number of benzene rings is 1. The molecule has 0 unspecified atom stereocenters. The Kier molecular flexibility index (Phi) is 4.97. The van der Waals surface area contributed by atoms with Crippen LogP contribution in [0.3, 0.4) is 0 Å². The predicted molar refractivity (Wildman–Crippen MR) is 72.8 cm³/mol. The molecule has 0 aliphatic rings. The molecule has 0 aliphatic heterocycles. The number of rotatable bonds is 5. The first-order chi connectivity index (χ1) is 10.3. The molecule has 0 aliphatic carbocycles. The summed E-state index contributed by atoms with van der Waals surface area (Å²) in [5.74, 6) is -4.61. The second-order valence-corrected chi connectivity index (χ2v) is 5.81. The van der Waals surface area contributed by atoms with Crippen LogP contribution in [0.5, 0.6) is 0 Å². The summed E-state index contributed by atoms with van der Waals surface area (Å²) in [6, 6.07) is 1.35. The lowest BCUT2D eigenvalue weighted by atomic mass is 9.81. The summed E-state index contributed by atoms with van der Waals surface area (Å²) in [4.78, 5) is 19.9. The molecular formula is C13H13F4N2O4. The highest BCUT2D eigenvalue weighted by Gasteiger charge is 2.45. The molecule has 127 valence electrons. The molecule has 6 nitrogen and oxygen atoms in total. The smallest absolute Gasteiger partial charge is 0.258 e. The third-order valence-electron chi connectivity index (χ3n) is 2.99. The van der Waals surface area contributed by atoms with Crippen LogP contribution >= 0.6 is 0 Å². The summed E-state index contributed by atoms with van der Waals surface area (Å²) >= 11 is 0. The summed E-state index contributed by atoms with van der Waals surface area (Å²) < 4.78 is 51.5. The molecular weight excluding hydrogens is 324 g/mol. The van der Waals surface area contributed by atoms with Crippen LogP contribution in [0, 0.1) is 26.6 Å². The van der Waals surface area contributed by atoms with Crippen LogP contribution in [-0.4, -0.2) is 22.2 Å². The Bertz CT molecular complexity index is 642. The van der Waals surface area contributed by atoms with E-state index in [1.807, 2.05) is 0 Å². The van der Waals surface area contributed by atoms with E-state index in [1.165, 1.54) is 20.8 Å². The minimum atomic E-state index is -4.61. The average Bonchev–Trinajstić information content (AvgIpc) is 2.36. The quantitative estimate of drug-likeness (QED) is 0.456. The van der Waals surface area contributed by atoms with Gasteiger partial charge in [0.15, 0.2) is 0 Å². The molecule has 0 saturated heterocycles. The summed E-state index contributed by atoms with van der Waals surface area (Å²) in [7, 11) is 0. The van der Waals surface area contributed by atoms with E-state index in [9.17, 15) is 37.8 Å². The molecule has 0 atom stereocenters. The molecule has 1 aromatic rings. The number of halogens is 4. The molecule has 0 aromatic heterocycles. The number of nitrogens with zero attached hydrogens (tertiary/aromatic N) is 2. The fourth-order valence-electron chi connectivity index (χ4n) is 1.91. The Hall–Kier alpha value is -2.26. The van der Waals surface area contributed by atoms with Gasteiger partial charge in [0.25, 0.3) is 11.4 Å². The van der Waals surface area contributed by atoms with Gasteiger partial charge < -0.3 is 0 Å². The average molecular weight is 337 g/mol. The lowest BCUT2D eigenvalue weighted by Gasteiger charge is -2.24. The van der Waals surface area contributed by atoms with Crippen molar-refractivity contribution in [2.24, 2.45) is 0 Å². The number of hydrogen-bond donors (Lipinski definition) is 0. The van der Waals surface area contributed by atoms with Crippen LogP contribution in [-0.2, 0) is 5.41 Å². The van der Waals surface area contributed by atoms with Crippen LogP contribution in [0.25, 0.3) is 0 Å². The normalized spacial score (nSPS) is 12.5. The van der Waals surface area contributed by atoms with Crippen molar-refractivity contribution >= 4 is 11.4 Å². The fraction of sp³-hybridized carbons (Fsp3) is 0.462. The van der Waals surface area contributed by atoms with E-state index in [-0.39, 0.29) is 12.0 Å². The molecule has 0 N–H and O–H groups in total. The van der Waals surface area contributed by atoms with Gasteiger partial charge >= 0.3 is 12.3 Å². The fourth-order valence-corrected chi connectivity index (χ4v) is 1.91. The van der Waals surface area contributed by atoms with E-state index >= 15 is 0 Å². The highest BCUT2D eigenvalue weighted by molar-refractivity contribution is 5.59. The highest BCUT2D eigenvalue weighted by Crippen LogP contribution is 2.41. The lowest BCUT2D eigenvalue weighted by molar-refractivity contribution is -0.394. The maximum absolute atomic E-state index is 13.3. The molecule has 0 heterocycles. The number of nitro groups is 2. The first kappa shape index (κ1) is 18.8. The maximum atomic E-state index is 13.3. The first-order valence-corrected chi connectivity index (χ1v) is 6.26. The van der Waals surface area contributed by atoms with Crippen molar-refractivity contribution in [3.05, 3.63) is 49.9 Å². The Labute approximate surface area is 128 Å².